The maximum absolute atomic E-state index is 10.2. The van der Waals surface area contributed by atoms with Gasteiger partial charge in [0.05, 0.1) is 6.61 Å². The van der Waals surface area contributed by atoms with Crippen molar-refractivity contribution in [2.45, 2.75) is 30.0 Å². The van der Waals surface area contributed by atoms with Crippen molar-refractivity contribution in [2.75, 3.05) is 13.2 Å². The van der Waals surface area contributed by atoms with Gasteiger partial charge < -0.3 is 37.0 Å². The first-order chi connectivity index (χ1) is 8.42. The zero-order valence-corrected chi connectivity index (χ0v) is 9.61. The topological polar surface area (TPSA) is 153 Å². The molecule has 1 fully saturated rings. The number of aliphatic hydroxyl groups excluding tert-OH is 1. The van der Waals surface area contributed by atoms with E-state index >= 15 is 0 Å². The number of nitrogens with two attached hydrogens (primary N) is 2. The van der Waals surface area contributed by atoms with Crippen LogP contribution in [0.3, 0.4) is 0 Å². The molecule has 8 N–H and O–H groups in total. The largest absolute Gasteiger partial charge is 0.394 e. The lowest BCUT2D eigenvalue weighted by molar-refractivity contribution is -0.221. The number of guanidine groups is 2. The third-order valence-electron chi connectivity index (χ3n) is 3.87. The molecular formula is C9H16N6O3. The molecule has 18 heavy (non-hydrogen) atoms. The Labute approximate surface area is 103 Å². The van der Waals surface area contributed by atoms with Gasteiger partial charge in [-0.05, 0) is 0 Å². The molecule has 9 nitrogen and oxygen atoms in total. The zero-order valence-electron chi connectivity index (χ0n) is 9.61. The van der Waals surface area contributed by atoms with E-state index in [2.05, 4.69) is 15.3 Å². The van der Waals surface area contributed by atoms with E-state index in [1.54, 1.807) is 4.90 Å². The Kier molecular flexibility index (Phi) is 2.08. The monoisotopic (exact) mass is 256 g/mol. The van der Waals surface area contributed by atoms with Crippen molar-refractivity contribution in [3.8, 4) is 0 Å². The maximum Gasteiger partial charge on any atom is 0.210 e. The van der Waals surface area contributed by atoms with Gasteiger partial charge in [-0.2, -0.15) is 0 Å². The van der Waals surface area contributed by atoms with E-state index in [4.69, 9.17) is 11.5 Å². The number of aliphatic imine (C=N–C) groups is 2. The van der Waals surface area contributed by atoms with Gasteiger partial charge in [-0.3, -0.25) is 0 Å². The molecule has 3 aliphatic rings. The second kappa shape index (κ2) is 3.25. The minimum Gasteiger partial charge on any atom is -0.394 e. The molecule has 100 valence electrons. The molecule has 0 aromatic heterocycles. The quantitative estimate of drug-likeness (QED) is 0.262. The van der Waals surface area contributed by atoms with Gasteiger partial charge in [-0.1, -0.05) is 0 Å². The molecule has 3 rings (SSSR count). The Balaban J connectivity index is 2.15. The van der Waals surface area contributed by atoms with Crippen molar-refractivity contribution < 1.29 is 15.3 Å². The number of aliphatic hydroxyl groups is 3. The summed E-state index contributed by atoms with van der Waals surface area (Å²) in [6, 6.07) is -1.33. The van der Waals surface area contributed by atoms with E-state index in [1.165, 1.54) is 0 Å². The van der Waals surface area contributed by atoms with Crippen molar-refractivity contribution in [3.63, 3.8) is 0 Å². The van der Waals surface area contributed by atoms with Crippen molar-refractivity contribution in [3.05, 3.63) is 0 Å². The van der Waals surface area contributed by atoms with Crippen LogP contribution in [0.15, 0.2) is 9.98 Å². The molecule has 0 radical (unpaired) electrons. The van der Waals surface area contributed by atoms with Crippen molar-refractivity contribution in [2.24, 2.45) is 21.5 Å². The molecule has 1 spiro atoms. The third-order valence-corrected chi connectivity index (χ3v) is 3.87. The van der Waals surface area contributed by atoms with Crippen molar-refractivity contribution in [1.29, 1.82) is 0 Å². The van der Waals surface area contributed by atoms with E-state index in [0.29, 0.717) is 6.54 Å². The van der Waals surface area contributed by atoms with E-state index in [-0.39, 0.29) is 24.9 Å². The summed E-state index contributed by atoms with van der Waals surface area (Å²) in [4.78, 5) is 9.80. The molecule has 0 aromatic carbocycles. The second-order valence-electron chi connectivity index (χ2n) is 4.81. The molecule has 3 atom stereocenters. The van der Waals surface area contributed by atoms with Crippen LogP contribution in [0.4, 0.5) is 0 Å². The number of rotatable bonds is 1. The lowest BCUT2D eigenvalue weighted by atomic mass is 9.87. The summed E-state index contributed by atoms with van der Waals surface area (Å²) in [5.74, 6) is -1.81. The maximum atomic E-state index is 10.2. The van der Waals surface area contributed by atoms with Crippen LogP contribution in [0.5, 0.6) is 0 Å². The Bertz CT molecular complexity index is 450. The highest BCUT2D eigenvalue weighted by molar-refractivity contribution is 5.87. The molecule has 3 aliphatic heterocycles. The van der Waals surface area contributed by atoms with Gasteiger partial charge in [-0.15, -0.1) is 0 Å². The summed E-state index contributed by atoms with van der Waals surface area (Å²) in [7, 11) is 0. The highest BCUT2D eigenvalue weighted by Gasteiger charge is 2.69. The predicted octanol–water partition coefficient (Wildman–Crippen LogP) is -3.95. The Morgan fingerprint density at radius 1 is 1.39 bits per heavy atom. The average molecular weight is 256 g/mol. The third kappa shape index (κ3) is 1.11. The number of nitrogens with one attached hydrogen (secondary N) is 1. The normalized spacial score (nSPS) is 40.7. The highest BCUT2D eigenvalue weighted by atomic mass is 16.5. The SMILES string of the molecule is NC1=N[C@H]2[C@H](CO)N=C(N)N3CCC(O)(O)[C@@]23N1. The van der Waals surface area contributed by atoms with Crippen LogP contribution < -0.4 is 16.8 Å². The molecule has 1 saturated heterocycles. The fraction of sp³-hybridized carbons (Fsp3) is 0.778. The van der Waals surface area contributed by atoms with Crippen molar-refractivity contribution in [1.82, 2.24) is 10.2 Å². The molecule has 0 amide bonds. The zero-order chi connectivity index (χ0) is 13.1. The summed E-state index contributed by atoms with van der Waals surface area (Å²) < 4.78 is 0. The van der Waals surface area contributed by atoms with Gasteiger partial charge in [0.15, 0.2) is 17.6 Å². The van der Waals surface area contributed by atoms with Crippen LogP contribution >= 0.6 is 0 Å². The fourth-order valence-corrected chi connectivity index (χ4v) is 3.07. The van der Waals surface area contributed by atoms with Crippen LogP contribution in [-0.4, -0.2) is 68.8 Å². The van der Waals surface area contributed by atoms with Crippen LogP contribution in [-0.2, 0) is 0 Å². The predicted molar refractivity (Wildman–Crippen MR) is 62.3 cm³/mol. The van der Waals surface area contributed by atoms with E-state index in [0.717, 1.165) is 0 Å². The lowest BCUT2D eigenvalue weighted by Crippen LogP contribution is -2.76. The second-order valence-corrected chi connectivity index (χ2v) is 4.81. The first-order valence-electron chi connectivity index (χ1n) is 5.70. The average Bonchev–Trinajstić information content (AvgIpc) is 2.77. The number of nitrogens with zero attached hydrogens (tertiary/aromatic N) is 3. The van der Waals surface area contributed by atoms with E-state index < -0.39 is 23.5 Å². The van der Waals surface area contributed by atoms with Gasteiger partial charge in [0, 0.05) is 13.0 Å². The summed E-state index contributed by atoms with van der Waals surface area (Å²) in [5, 5.41) is 32.6. The number of hydrogen-bond donors (Lipinski definition) is 6. The molecule has 3 heterocycles. The summed E-state index contributed by atoms with van der Waals surface area (Å²) in [6.45, 7) is 0.0300. The summed E-state index contributed by atoms with van der Waals surface area (Å²) in [5.41, 5.74) is 10.1. The van der Waals surface area contributed by atoms with Gasteiger partial charge in [0.1, 0.15) is 12.1 Å². The summed E-state index contributed by atoms with van der Waals surface area (Å²) in [6.07, 6.45) is 0.0909. The summed E-state index contributed by atoms with van der Waals surface area (Å²) >= 11 is 0. The van der Waals surface area contributed by atoms with Gasteiger partial charge >= 0.3 is 0 Å². The van der Waals surface area contributed by atoms with E-state index in [1.807, 2.05) is 0 Å². The Morgan fingerprint density at radius 3 is 2.78 bits per heavy atom. The minimum absolute atomic E-state index is 0.0859. The molecular weight excluding hydrogens is 240 g/mol. The van der Waals surface area contributed by atoms with Crippen molar-refractivity contribution >= 4 is 11.9 Å². The Morgan fingerprint density at radius 2 is 2.11 bits per heavy atom. The molecule has 0 bridgehead atoms. The first-order valence-corrected chi connectivity index (χ1v) is 5.70. The highest BCUT2D eigenvalue weighted by Crippen LogP contribution is 2.44. The van der Waals surface area contributed by atoms with Gasteiger partial charge in [0.25, 0.3) is 0 Å². The molecule has 9 heteroatoms. The van der Waals surface area contributed by atoms with Crippen LogP contribution in [0.1, 0.15) is 6.42 Å². The first kappa shape index (κ1) is 11.5. The lowest BCUT2D eigenvalue weighted by Gasteiger charge is -2.48. The Hall–Kier alpha value is -1.58. The van der Waals surface area contributed by atoms with Crippen LogP contribution in [0, 0.1) is 0 Å². The molecule has 0 aromatic rings. The molecule has 0 saturated carbocycles. The van der Waals surface area contributed by atoms with Crippen LogP contribution in [0.25, 0.3) is 0 Å². The number of hydrogen-bond acceptors (Lipinski definition) is 9. The van der Waals surface area contributed by atoms with Crippen LogP contribution in [0.2, 0.25) is 0 Å². The van der Waals surface area contributed by atoms with Gasteiger partial charge in [0.2, 0.25) is 5.79 Å². The van der Waals surface area contributed by atoms with E-state index in [9.17, 15) is 15.3 Å². The molecule has 0 aliphatic carbocycles. The fourth-order valence-electron chi connectivity index (χ4n) is 3.07. The smallest absolute Gasteiger partial charge is 0.210 e. The minimum atomic E-state index is -2.05. The molecule has 0 unspecified atom stereocenters. The van der Waals surface area contributed by atoms with Gasteiger partial charge in [-0.25, -0.2) is 9.98 Å². The standard InChI is InChI=1S/C9H16N6O3/c10-6-13-5-4(3-16)12-7(11)15-2-1-8(17,18)9(5,15)14-6/h4-5,16-18H,1-3H2,(H2,11,12)(H3,10,13,14)/t4-,5-,9+/m0/s1.